The average molecular weight is 164 g/mol. The van der Waals surface area contributed by atoms with Crippen molar-refractivity contribution in [2.45, 2.75) is 26.8 Å². The van der Waals surface area contributed by atoms with Gasteiger partial charge in [0.25, 0.3) is 0 Å². The number of aromatic nitrogens is 1. The Balaban J connectivity index is 2.75. The first-order valence-electron chi connectivity index (χ1n) is 4.21. The van der Waals surface area contributed by atoms with Crippen molar-refractivity contribution in [2.75, 3.05) is 0 Å². The number of hydrogen-bond donors (Lipinski definition) is 0. The molecule has 1 aromatic rings. The van der Waals surface area contributed by atoms with Crippen molar-refractivity contribution in [3.63, 3.8) is 0 Å². The number of pyridine rings is 1. The van der Waals surface area contributed by atoms with Crippen molar-refractivity contribution >= 4 is 5.78 Å². The van der Waals surface area contributed by atoms with Gasteiger partial charge >= 0.3 is 0 Å². The van der Waals surface area contributed by atoms with E-state index >= 15 is 0 Å². The van der Waals surface area contributed by atoms with Crippen LogP contribution < -0.4 is 4.57 Å². The summed E-state index contributed by atoms with van der Waals surface area (Å²) in [6.07, 6.45) is 2.55. The fourth-order valence-electron chi connectivity index (χ4n) is 1.04. The second kappa shape index (κ2) is 4.00. The number of carbonyl (C=O) groups is 1. The molecular formula is C10H14NO+. The van der Waals surface area contributed by atoms with E-state index in [4.69, 9.17) is 0 Å². The lowest BCUT2D eigenvalue weighted by molar-refractivity contribution is -0.690. The summed E-state index contributed by atoms with van der Waals surface area (Å²) in [5.74, 6) is 0.273. The summed E-state index contributed by atoms with van der Waals surface area (Å²) < 4.78 is 1.96. The molecule has 2 heteroatoms. The van der Waals surface area contributed by atoms with E-state index in [2.05, 4.69) is 0 Å². The van der Waals surface area contributed by atoms with Crippen LogP contribution in [0.4, 0.5) is 0 Å². The second-order valence-electron chi connectivity index (χ2n) is 2.86. The number of rotatable bonds is 3. The van der Waals surface area contributed by atoms with Gasteiger partial charge in [-0.15, -0.1) is 0 Å². The van der Waals surface area contributed by atoms with E-state index in [0.717, 1.165) is 5.69 Å². The molecule has 0 bridgehead atoms. The second-order valence-corrected chi connectivity index (χ2v) is 2.86. The molecule has 0 spiro atoms. The number of hydrogen-bond acceptors (Lipinski definition) is 1. The predicted octanol–water partition coefficient (Wildman–Crippen LogP) is 1.26. The molecule has 0 atom stereocenters. The van der Waals surface area contributed by atoms with E-state index in [9.17, 15) is 4.79 Å². The number of nitrogens with zero attached hydrogens (tertiary/aromatic N) is 1. The van der Waals surface area contributed by atoms with E-state index in [1.54, 1.807) is 0 Å². The molecule has 64 valence electrons. The summed E-state index contributed by atoms with van der Waals surface area (Å²) >= 11 is 0. The minimum Gasteiger partial charge on any atom is -0.293 e. The van der Waals surface area contributed by atoms with Crippen LogP contribution >= 0.6 is 0 Å². The van der Waals surface area contributed by atoms with Gasteiger partial charge in [0.05, 0.1) is 0 Å². The fourth-order valence-corrected chi connectivity index (χ4v) is 1.04. The van der Waals surface area contributed by atoms with Gasteiger partial charge in [-0.2, -0.15) is 4.57 Å². The minimum atomic E-state index is 0.273. The molecule has 0 fully saturated rings. The van der Waals surface area contributed by atoms with Crippen LogP contribution in [0.3, 0.4) is 0 Å². The van der Waals surface area contributed by atoms with Gasteiger partial charge in [0.15, 0.2) is 17.7 Å². The molecule has 0 radical (unpaired) electrons. The molecule has 0 aromatic carbocycles. The van der Waals surface area contributed by atoms with Crippen molar-refractivity contribution in [3.8, 4) is 0 Å². The molecule has 1 aromatic heterocycles. The molecule has 1 rings (SSSR count). The maximum atomic E-state index is 11.1. The first-order chi connectivity index (χ1) is 5.74. The summed E-state index contributed by atoms with van der Waals surface area (Å²) in [5.41, 5.74) is 1.12. The van der Waals surface area contributed by atoms with Crippen molar-refractivity contribution in [3.05, 3.63) is 30.1 Å². The van der Waals surface area contributed by atoms with E-state index < -0.39 is 0 Å². The van der Waals surface area contributed by atoms with Gasteiger partial charge in [0.1, 0.15) is 0 Å². The quantitative estimate of drug-likeness (QED) is 0.616. The van der Waals surface area contributed by atoms with E-state index in [1.165, 1.54) is 0 Å². The lowest BCUT2D eigenvalue weighted by atomic mass is 10.3. The molecule has 1 heterocycles. The molecule has 0 aliphatic heterocycles. The highest BCUT2D eigenvalue weighted by Crippen LogP contribution is 1.89. The molecule has 0 aliphatic rings. The number of aryl methyl sites for hydroxylation is 1. The van der Waals surface area contributed by atoms with Crippen LogP contribution in [0.2, 0.25) is 0 Å². The number of Topliss-reactive ketones (excluding diaryl/α,β-unsaturated/α-hetero) is 1. The van der Waals surface area contributed by atoms with Gasteiger partial charge in [-0.05, 0) is 0 Å². The van der Waals surface area contributed by atoms with Gasteiger partial charge in [-0.1, -0.05) is 13.0 Å². The first kappa shape index (κ1) is 8.91. The zero-order valence-electron chi connectivity index (χ0n) is 7.58. The minimum absolute atomic E-state index is 0.273. The standard InChI is InChI=1S/C10H14NO/c1-3-10(12)8-11-7-5-4-6-9(11)2/h4-7H,3,8H2,1-2H3/q+1. The van der Waals surface area contributed by atoms with Crippen molar-refractivity contribution in [2.24, 2.45) is 0 Å². The molecular weight excluding hydrogens is 150 g/mol. The van der Waals surface area contributed by atoms with Crippen molar-refractivity contribution in [1.29, 1.82) is 0 Å². The lowest BCUT2D eigenvalue weighted by Crippen LogP contribution is -2.40. The Labute approximate surface area is 72.8 Å². The smallest absolute Gasteiger partial charge is 0.206 e. The first-order valence-corrected chi connectivity index (χ1v) is 4.21. The third-order valence-electron chi connectivity index (χ3n) is 1.91. The molecule has 2 nitrogen and oxygen atoms in total. The van der Waals surface area contributed by atoms with Crippen molar-refractivity contribution in [1.82, 2.24) is 0 Å². The predicted molar refractivity (Wildman–Crippen MR) is 46.7 cm³/mol. The topological polar surface area (TPSA) is 20.9 Å². The molecule has 0 amide bonds. The molecule has 12 heavy (non-hydrogen) atoms. The zero-order chi connectivity index (χ0) is 8.97. The maximum Gasteiger partial charge on any atom is 0.206 e. The van der Waals surface area contributed by atoms with Crippen LogP contribution in [0.15, 0.2) is 24.4 Å². The SMILES string of the molecule is CCC(=O)C[n+]1ccccc1C. The molecule has 0 saturated carbocycles. The lowest BCUT2D eigenvalue weighted by Gasteiger charge is -1.96. The highest BCUT2D eigenvalue weighted by Gasteiger charge is 2.08. The highest BCUT2D eigenvalue weighted by molar-refractivity contribution is 5.76. The van der Waals surface area contributed by atoms with E-state index in [0.29, 0.717) is 13.0 Å². The van der Waals surface area contributed by atoms with Crippen LogP contribution in [0.5, 0.6) is 0 Å². The Bertz CT molecular complexity index is 281. The van der Waals surface area contributed by atoms with Gasteiger partial charge in [0.2, 0.25) is 6.54 Å². The summed E-state index contributed by atoms with van der Waals surface area (Å²) in [4.78, 5) is 11.1. The van der Waals surface area contributed by atoms with Gasteiger partial charge in [-0.3, -0.25) is 4.79 Å². The zero-order valence-corrected chi connectivity index (χ0v) is 7.58. The molecule has 0 N–H and O–H groups in total. The van der Waals surface area contributed by atoms with Crippen LogP contribution in [-0.2, 0) is 11.3 Å². The van der Waals surface area contributed by atoms with Gasteiger partial charge < -0.3 is 0 Å². The molecule has 0 aliphatic carbocycles. The summed E-state index contributed by atoms with van der Waals surface area (Å²) in [5, 5.41) is 0. The monoisotopic (exact) mass is 164 g/mol. The highest BCUT2D eigenvalue weighted by atomic mass is 16.1. The normalized spacial score (nSPS) is 9.83. The largest absolute Gasteiger partial charge is 0.293 e. The summed E-state index contributed by atoms with van der Waals surface area (Å²) in [6.45, 7) is 4.40. The third kappa shape index (κ3) is 2.16. The number of ketones is 1. The van der Waals surface area contributed by atoms with Crippen LogP contribution in [-0.4, -0.2) is 5.78 Å². The average Bonchev–Trinajstić information content (AvgIpc) is 2.09. The molecule has 0 saturated heterocycles. The Morgan fingerprint density at radius 2 is 2.25 bits per heavy atom. The Morgan fingerprint density at radius 3 is 2.83 bits per heavy atom. The van der Waals surface area contributed by atoms with Gasteiger partial charge in [-0.25, -0.2) is 0 Å². The summed E-state index contributed by atoms with van der Waals surface area (Å²) in [6, 6.07) is 5.92. The van der Waals surface area contributed by atoms with Crippen LogP contribution in [0.25, 0.3) is 0 Å². The maximum absolute atomic E-state index is 11.1. The fraction of sp³-hybridized carbons (Fsp3) is 0.400. The van der Waals surface area contributed by atoms with Gasteiger partial charge in [0, 0.05) is 25.5 Å². The summed E-state index contributed by atoms with van der Waals surface area (Å²) in [7, 11) is 0. The molecule has 0 unspecified atom stereocenters. The van der Waals surface area contributed by atoms with Crippen LogP contribution in [0, 0.1) is 6.92 Å². The van der Waals surface area contributed by atoms with E-state index in [-0.39, 0.29) is 5.78 Å². The van der Waals surface area contributed by atoms with Crippen molar-refractivity contribution < 1.29 is 9.36 Å². The van der Waals surface area contributed by atoms with E-state index in [1.807, 2.05) is 42.8 Å². The third-order valence-corrected chi connectivity index (χ3v) is 1.91. The number of carbonyl (C=O) groups excluding carboxylic acids is 1. The Kier molecular flexibility index (Phi) is 2.97. The van der Waals surface area contributed by atoms with Crippen LogP contribution in [0.1, 0.15) is 19.0 Å². The Hall–Kier alpha value is -1.18. The Morgan fingerprint density at radius 1 is 1.50 bits per heavy atom.